The minimum Gasteiger partial charge on any atom is -0.494 e. The Morgan fingerprint density at radius 2 is 1.79 bits per heavy atom. The second-order valence-corrected chi connectivity index (χ2v) is 7.66. The van der Waals surface area contributed by atoms with Gasteiger partial charge in [-0.2, -0.15) is 0 Å². The van der Waals surface area contributed by atoms with Crippen molar-refractivity contribution in [2.75, 3.05) is 19.7 Å². The third kappa shape index (κ3) is 7.06. The number of ether oxygens (including phenoxy) is 1. The molecule has 0 saturated heterocycles. The molecule has 0 bridgehead atoms. The molecule has 0 aliphatic carbocycles. The van der Waals surface area contributed by atoms with Crippen LogP contribution in [-0.2, 0) is 10.2 Å². The molecule has 1 heterocycles. The number of benzene rings is 1. The van der Waals surface area contributed by atoms with Gasteiger partial charge in [0.2, 0.25) is 5.91 Å². The number of rotatable bonds is 9. The monoisotopic (exact) mass is 387 g/mol. The second kappa shape index (κ2) is 9.92. The smallest absolute Gasteiger partial charge is 0.273 e. The molecule has 152 valence electrons. The maximum atomic E-state index is 11.8. The van der Waals surface area contributed by atoms with Crippen LogP contribution in [0.15, 0.2) is 34.9 Å². The molecule has 2 N–H and O–H groups in total. The van der Waals surface area contributed by atoms with E-state index in [1.807, 2.05) is 12.1 Å². The highest BCUT2D eigenvalue weighted by atomic mass is 16.5. The van der Waals surface area contributed by atoms with Crippen LogP contribution in [0.2, 0.25) is 0 Å². The molecule has 2 aromatic rings. The number of carbonyl (C=O) groups is 2. The van der Waals surface area contributed by atoms with Crippen molar-refractivity contribution < 1.29 is 18.8 Å². The summed E-state index contributed by atoms with van der Waals surface area (Å²) in [5, 5.41) is 9.07. The van der Waals surface area contributed by atoms with Gasteiger partial charge < -0.3 is 19.9 Å². The fourth-order valence-electron chi connectivity index (χ4n) is 2.50. The summed E-state index contributed by atoms with van der Waals surface area (Å²) in [6.07, 6.45) is 0.994. The predicted octanol–water partition coefficient (Wildman–Crippen LogP) is 2.99. The van der Waals surface area contributed by atoms with Crippen molar-refractivity contribution in [3.05, 3.63) is 47.3 Å². The van der Waals surface area contributed by atoms with Gasteiger partial charge in [-0.15, -0.1) is 0 Å². The molecule has 2 rings (SSSR count). The standard InChI is InChI=1S/C21H29N3O4/c1-15-14-18(24-28-15)20(26)23-12-11-22-19(25)6-5-13-27-17-9-7-16(8-10-17)21(2,3)4/h7-10,14H,5-6,11-13H2,1-4H3,(H,22,25)(H,23,26). The molecule has 0 radical (unpaired) electrons. The molecular formula is C21H29N3O4. The van der Waals surface area contributed by atoms with Crippen molar-refractivity contribution in [2.24, 2.45) is 0 Å². The molecule has 7 heteroatoms. The lowest BCUT2D eigenvalue weighted by molar-refractivity contribution is -0.121. The number of hydrogen-bond donors (Lipinski definition) is 2. The molecule has 0 atom stereocenters. The van der Waals surface area contributed by atoms with Crippen molar-refractivity contribution in [1.82, 2.24) is 15.8 Å². The Morgan fingerprint density at radius 3 is 2.39 bits per heavy atom. The number of hydrogen-bond acceptors (Lipinski definition) is 5. The molecule has 1 aromatic carbocycles. The number of carbonyl (C=O) groups excluding carboxylic acids is 2. The van der Waals surface area contributed by atoms with Crippen LogP contribution in [0.3, 0.4) is 0 Å². The van der Waals surface area contributed by atoms with Gasteiger partial charge in [-0.3, -0.25) is 9.59 Å². The lowest BCUT2D eigenvalue weighted by Gasteiger charge is -2.19. The lowest BCUT2D eigenvalue weighted by atomic mass is 9.87. The third-order valence-electron chi connectivity index (χ3n) is 4.13. The molecule has 0 unspecified atom stereocenters. The van der Waals surface area contributed by atoms with E-state index in [4.69, 9.17) is 9.26 Å². The molecule has 1 aromatic heterocycles. The van der Waals surface area contributed by atoms with Gasteiger partial charge in [0.1, 0.15) is 11.5 Å². The van der Waals surface area contributed by atoms with E-state index >= 15 is 0 Å². The van der Waals surface area contributed by atoms with Gasteiger partial charge in [0.25, 0.3) is 5.91 Å². The first-order chi connectivity index (χ1) is 13.3. The van der Waals surface area contributed by atoms with E-state index in [1.165, 1.54) is 5.56 Å². The first kappa shape index (κ1) is 21.5. The van der Waals surface area contributed by atoms with E-state index in [9.17, 15) is 9.59 Å². The Labute approximate surface area is 165 Å². The molecule has 0 aliphatic rings. The Balaban J connectivity index is 1.56. The average molecular weight is 387 g/mol. The summed E-state index contributed by atoms with van der Waals surface area (Å²) in [4.78, 5) is 23.6. The second-order valence-electron chi connectivity index (χ2n) is 7.66. The van der Waals surface area contributed by atoms with E-state index in [2.05, 4.69) is 48.7 Å². The van der Waals surface area contributed by atoms with E-state index in [0.717, 1.165) is 5.75 Å². The fraction of sp³-hybridized carbons (Fsp3) is 0.476. The quantitative estimate of drug-likeness (QED) is 0.645. The van der Waals surface area contributed by atoms with Crippen molar-refractivity contribution in [3.63, 3.8) is 0 Å². The van der Waals surface area contributed by atoms with Crippen molar-refractivity contribution in [1.29, 1.82) is 0 Å². The number of amides is 2. The van der Waals surface area contributed by atoms with E-state index < -0.39 is 0 Å². The summed E-state index contributed by atoms with van der Waals surface area (Å²) in [7, 11) is 0. The summed E-state index contributed by atoms with van der Waals surface area (Å²) in [6, 6.07) is 9.61. The van der Waals surface area contributed by atoms with Crippen LogP contribution in [0, 0.1) is 6.92 Å². The van der Waals surface area contributed by atoms with E-state index in [-0.39, 0.29) is 22.9 Å². The molecule has 0 aliphatic heterocycles. The summed E-state index contributed by atoms with van der Waals surface area (Å²) in [5.41, 5.74) is 1.60. The van der Waals surface area contributed by atoms with Crippen molar-refractivity contribution in [3.8, 4) is 5.75 Å². The van der Waals surface area contributed by atoms with Crippen molar-refractivity contribution >= 4 is 11.8 Å². The number of aromatic nitrogens is 1. The maximum Gasteiger partial charge on any atom is 0.273 e. The lowest BCUT2D eigenvalue weighted by Crippen LogP contribution is -2.34. The third-order valence-corrected chi connectivity index (χ3v) is 4.13. The van der Waals surface area contributed by atoms with Gasteiger partial charge in [-0.1, -0.05) is 38.1 Å². The summed E-state index contributed by atoms with van der Waals surface area (Å²) < 4.78 is 10.5. The molecule has 28 heavy (non-hydrogen) atoms. The molecule has 0 fully saturated rings. The number of aryl methyl sites for hydroxylation is 1. The Bertz CT molecular complexity index is 776. The maximum absolute atomic E-state index is 11.8. The Kier molecular flexibility index (Phi) is 7.61. The molecule has 0 spiro atoms. The van der Waals surface area contributed by atoms with Crippen LogP contribution >= 0.6 is 0 Å². The minimum atomic E-state index is -0.322. The average Bonchev–Trinajstić information content (AvgIpc) is 3.08. The first-order valence-corrected chi connectivity index (χ1v) is 9.47. The SMILES string of the molecule is Cc1cc(C(=O)NCCNC(=O)CCCOc2ccc(C(C)(C)C)cc2)no1. The van der Waals surface area contributed by atoms with Crippen LogP contribution < -0.4 is 15.4 Å². The topological polar surface area (TPSA) is 93.5 Å². The van der Waals surface area contributed by atoms with Gasteiger partial charge in [-0.05, 0) is 36.5 Å². The van der Waals surface area contributed by atoms with Gasteiger partial charge in [0, 0.05) is 25.6 Å². The zero-order valence-electron chi connectivity index (χ0n) is 17.0. The molecule has 0 saturated carbocycles. The normalized spacial score (nSPS) is 11.1. The molecule has 7 nitrogen and oxygen atoms in total. The summed E-state index contributed by atoms with van der Waals surface area (Å²) >= 11 is 0. The number of nitrogens with zero attached hydrogens (tertiary/aromatic N) is 1. The molecule has 2 amide bonds. The highest BCUT2D eigenvalue weighted by Crippen LogP contribution is 2.24. The Morgan fingerprint density at radius 1 is 1.11 bits per heavy atom. The van der Waals surface area contributed by atoms with Gasteiger partial charge in [-0.25, -0.2) is 0 Å². The molecular weight excluding hydrogens is 358 g/mol. The van der Waals surface area contributed by atoms with Crippen LogP contribution in [0.4, 0.5) is 0 Å². The van der Waals surface area contributed by atoms with Gasteiger partial charge >= 0.3 is 0 Å². The van der Waals surface area contributed by atoms with Crippen molar-refractivity contribution in [2.45, 2.75) is 46.0 Å². The highest BCUT2D eigenvalue weighted by molar-refractivity contribution is 5.92. The van der Waals surface area contributed by atoms with Crippen LogP contribution in [0.1, 0.15) is 55.4 Å². The van der Waals surface area contributed by atoms with Gasteiger partial charge in [0.05, 0.1) is 6.61 Å². The fourth-order valence-corrected chi connectivity index (χ4v) is 2.50. The number of nitrogens with one attached hydrogen (secondary N) is 2. The summed E-state index contributed by atoms with van der Waals surface area (Å²) in [5.74, 6) is 0.986. The van der Waals surface area contributed by atoms with Gasteiger partial charge in [0.15, 0.2) is 5.69 Å². The Hall–Kier alpha value is -2.83. The van der Waals surface area contributed by atoms with Crippen LogP contribution in [-0.4, -0.2) is 36.7 Å². The zero-order chi connectivity index (χ0) is 20.6. The largest absolute Gasteiger partial charge is 0.494 e. The van der Waals surface area contributed by atoms with E-state index in [1.54, 1.807) is 13.0 Å². The first-order valence-electron chi connectivity index (χ1n) is 9.47. The minimum absolute atomic E-state index is 0.0711. The highest BCUT2D eigenvalue weighted by Gasteiger charge is 2.13. The summed E-state index contributed by atoms with van der Waals surface area (Å²) in [6.45, 7) is 9.38. The van der Waals surface area contributed by atoms with Crippen LogP contribution in [0.5, 0.6) is 5.75 Å². The van der Waals surface area contributed by atoms with E-state index in [0.29, 0.717) is 38.3 Å². The van der Waals surface area contributed by atoms with Crippen LogP contribution in [0.25, 0.3) is 0 Å². The zero-order valence-corrected chi connectivity index (χ0v) is 17.0. The predicted molar refractivity (Wildman–Crippen MR) is 106 cm³/mol.